The van der Waals surface area contributed by atoms with Gasteiger partial charge in [-0.05, 0) is 88.9 Å². The number of aromatic carboxylic acids is 1. The van der Waals surface area contributed by atoms with Gasteiger partial charge in [0.25, 0.3) is 0 Å². The molecule has 3 aromatic rings. The van der Waals surface area contributed by atoms with Gasteiger partial charge in [0.1, 0.15) is 5.67 Å². The molecule has 1 heterocycles. The highest BCUT2D eigenvalue weighted by Gasteiger charge is 2.42. The second kappa shape index (κ2) is 11.2. The van der Waals surface area contributed by atoms with E-state index in [1.165, 1.54) is 0 Å². The predicted octanol–water partition coefficient (Wildman–Crippen LogP) is 7.91. The molecule has 38 heavy (non-hydrogen) atoms. The minimum atomic E-state index is -1.29. The van der Waals surface area contributed by atoms with Crippen LogP contribution in [0.5, 0.6) is 0 Å². The Labute approximate surface area is 231 Å². The largest absolute Gasteiger partial charge is 0.478 e. The molecule has 0 radical (unpaired) electrons. The van der Waals surface area contributed by atoms with E-state index < -0.39 is 11.6 Å². The van der Waals surface area contributed by atoms with E-state index in [0.29, 0.717) is 42.5 Å². The van der Waals surface area contributed by atoms with Crippen LogP contribution in [0.25, 0.3) is 11.1 Å². The summed E-state index contributed by atoms with van der Waals surface area (Å²) >= 11 is 12.8. The minimum Gasteiger partial charge on any atom is -0.478 e. The lowest BCUT2D eigenvalue weighted by Crippen LogP contribution is -2.60. The quantitative estimate of drug-likeness (QED) is 0.307. The number of fused-ring (bicyclic) bond motifs is 1. The van der Waals surface area contributed by atoms with Crippen LogP contribution in [0.4, 0.5) is 8.78 Å². The van der Waals surface area contributed by atoms with Crippen LogP contribution in [0.2, 0.25) is 10.0 Å². The van der Waals surface area contributed by atoms with E-state index in [4.69, 9.17) is 23.2 Å². The number of carbonyl (C=O) groups is 1. The number of aryl methyl sites for hydroxylation is 1. The number of rotatable bonds is 8. The second-order valence-corrected chi connectivity index (χ2v) is 11.1. The predicted molar refractivity (Wildman–Crippen MR) is 150 cm³/mol. The zero-order valence-electron chi connectivity index (χ0n) is 21.0. The maximum atomic E-state index is 15.2. The molecular weight excluding hydrogens is 527 g/mol. The average Bonchev–Trinajstić information content (AvgIpc) is 3.05. The van der Waals surface area contributed by atoms with E-state index in [9.17, 15) is 14.3 Å². The number of hydrogen-bond donors (Lipinski definition) is 1. The van der Waals surface area contributed by atoms with E-state index in [-0.39, 0.29) is 12.2 Å². The minimum absolute atomic E-state index is 0.265. The summed E-state index contributed by atoms with van der Waals surface area (Å²) in [5, 5.41) is 10.7. The summed E-state index contributed by atoms with van der Waals surface area (Å²) in [5.74, 6) is -0.952. The van der Waals surface area contributed by atoms with Gasteiger partial charge in [-0.3, -0.25) is 9.29 Å². The van der Waals surface area contributed by atoms with Crippen molar-refractivity contribution in [3.63, 3.8) is 0 Å². The summed E-state index contributed by atoms with van der Waals surface area (Å²) in [4.78, 5) is 13.6. The highest BCUT2D eigenvalue weighted by molar-refractivity contribution is 6.36. The van der Waals surface area contributed by atoms with Gasteiger partial charge in [-0.1, -0.05) is 59.6 Å². The fourth-order valence-corrected chi connectivity index (χ4v) is 6.24. The van der Waals surface area contributed by atoms with Gasteiger partial charge in [0.2, 0.25) is 0 Å². The van der Waals surface area contributed by atoms with Crippen molar-refractivity contribution in [2.24, 2.45) is 0 Å². The molecule has 0 amide bonds. The number of halogens is 4. The third-order valence-electron chi connectivity index (χ3n) is 7.44. The van der Waals surface area contributed by atoms with Crippen molar-refractivity contribution in [3.8, 4) is 0 Å². The van der Waals surface area contributed by atoms with Crippen LogP contribution in [0, 0.1) is 0 Å². The molecule has 1 fully saturated rings. The van der Waals surface area contributed by atoms with Crippen LogP contribution in [0.15, 0.2) is 60.7 Å². The van der Waals surface area contributed by atoms with Gasteiger partial charge in [0.05, 0.1) is 12.2 Å². The number of nitrogens with zero attached hydrogens (tertiary/aromatic N) is 1. The molecule has 7 heteroatoms. The Balaban J connectivity index is 1.52. The summed E-state index contributed by atoms with van der Waals surface area (Å²) in [5.41, 5.74) is 5.78. The molecule has 2 aliphatic rings. The standard InChI is InChI=1S/C31H29Cl2F2NO2/c32-24-10-12-26(28(33)16-24)27-4-1-3-22-15-23(30(37)38)9-11-25(22)29(27)21-7-5-20(6-8-21)17-31(35)18-36(19-31)14-2-13-34/h5-12,15-16H,1-4,13-14,17-19H2,(H,37,38). The third kappa shape index (κ3) is 5.66. The number of alkyl halides is 2. The molecule has 0 spiro atoms. The van der Waals surface area contributed by atoms with Gasteiger partial charge in [-0.25, -0.2) is 9.18 Å². The van der Waals surface area contributed by atoms with E-state index in [1.807, 2.05) is 47.4 Å². The number of allylic oxidation sites excluding steroid dienone is 1. The first-order valence-electron chi connectivity index (χ1n) is 12.9. The first-order chi connectivity index (χ1) is 18.3. The maximum absolute atomic E-state index is 15.2. The molecule has 3 aromatic carbocycles. The van der Waals surface area contributed by atoms with E-state index in [0.717, 1.165) is 58.2 Å². The summed E-state index contributed by atoms with van der Waals surface area (Å²) in [6, 6.07) is 18.7. The molecule has 0 atom stereocenters. The Morgan fingerprint density at radius 3 is 2.39 bits per heavy atom. The molecule has 198 valence electrons. The van der Waals surface area contributed by atoms with Gasteiger partial charge < -0.3 is 5.11 Å². The fraction of sp³-hybridized carbons (Fsp3) is 0.323. The molecule has 1 saturated heterocycles. The lowest BCUT2D eigenvalue weighted by molar-refractivity contribution is -0.0323. The smallest absolute Gasteiger partial charge is 0.335 e. The first-order valence-corrected chi connectivity index (χ1v) is 13.6. The normalized spacial score (nSPS) is 17.1. The SMILES string of the molecule is O=C(O)c1ccc2c(c1)CCCC(c1ccc(Cl)cc1Cl)=C2c1ccc(CC2(F)CN(CCCF)C2)cc1. The highest BCUT2D eigenvalue weighted by atomic mass is 35.5. The first kappa shape index (κ1) is 26.9. The lowest BCUT2D eigenvalue weighted by Gasteiger charge is -2.44. The number of likely N-dealkylation sites (tertiary alicyclic amines) is 1. The monoisotopic (exact) mass is 555 g/mol. The zero-order valence-corrected chi connectivity index (χ0v) is 22.5. The summed E-state index contributed by atoms with van der Waals surface area (Å²) < 4.78 is 27.7. The van der Waals surface area contributed by atoms with E-state index in [1.54, 1.807) is 18.2 Å². The summed E-state index contributed by atoms with van der Waals surface area (Å²) in [7, 11) is 0. The Morgan fingerprint density at radius 1 is 0.974 bits per heavy atom. The van der Waals surface area contributed by atoms with Crippen molar-refractivity contribution in [1.29, 1.82) is 0 Å². The Hall–Kier alpha value is -2.73. The average molecular weight is 556 g/mol. The van der Waals surface area contributed by atoms with Crippen molar-refractivity contribution in [2.75, 3.05) is 26.3 Å². The van der Waals surface area contributed by atoms with Crippen LogP contribution >= 0.6 is 23.2 Å². The number of carboxylic acid groups (broad SMARTS) is 1. The van der Waals surface area contributed by atoms with E-state index >= 15 is 4.39 Å². The van der Waals surface area contributed by atoms with Gasteiger partial charge in [-0.15, -0.1) is 0 Å². The van der Waals surface area contributed by atoms with Crippen molar-refractivity contribution in [1.82, 2.24) is 4.90 Å². The Morgan fingerprint density at radius 2 is 1.71 bits per heavy atom. The van der Waals surface area contributed by atoms with Gasteiger partial charge >= 0.3 is 5.97 Å². The van der Waals surface area contributed by atoms with Crippen molar-refractivity contribution < 1.29 is 18.7 Å². The van der Waals surface area contributed by atoms with Gasteiger partial charge in [0.15, 0.2) is 0 Å². The molecule has 5 rings (SSSR count). The molecule has 1 aliphatic carbocycles. The van der Waals surface area contributed by atoms with Crippen LogP contribution in [0.1, 0.15) is 57.4 Å². The Kier molecular flexibility index (Phi) is 7.90. The number of hydrogen-bond acceptors (Lipinski definition) is 2. The third-order valence-corrected chi connectivity index (χ3v) is 7.99. The topological polar surface area (TPSA) is 40.5 Å². The zero-order chi connectivity index (χ0) is 26.9. The van der Waals surface area contributed by atoms with Crippen molar-refractivity contribution in [3.05, 3.63) is 104 Å². The number of carboxylic acids is 1. The number of benzene rings is 3. The highest BCUT2D eigenvalue weighted by Crippen LogP contribution is 2.42. The summed E-state index contributed by atoms with van der Waals surface area (Å²) in [6.45, 7) is 0.877. The van der Waals surface area contributed by atoms with Crippen molar-refractivity contribution in [2.45, 2.75) is 37.8 Å². The van der Waals surface area contributed by atoms with Crippen molar-refractivity contribution >= 4 is 40.3 Å². The van der Waals surface area contributed by atoms with Crippen LogP contribution in [-0.2, 0) is 12.8 Å². The molecule has 0 bridgehead atoms. The van der Waals surface area contributed by atoms with Gasteiger partial charge in [-0.2, -0.15) is 0 Å². The summed E-state index contributed by atoms with van der Waals surface area (Å²) in [6.07, 6.45) is 3.10. The maximum Gasteiger partial charge on any atom is 0.335 e. The molecule has 0 aromatic heterocycles. The van der Waals surface area contributed by atoms with Crippen LogP contribution < -0.4 is 0 Å². The molecule has 1 aliphatic heterocycles. The molecule has 3 nitrogen and oxygen atoms in total. The fourth-order valence-electron chi connectivity index (χ4n) is 5.72. The van der Waals surface area contributed by atoms with E-state index in [2.05, 4.69) is 0 Å². The van der Waals surface area contributed by atoms with Gasteiger partial charge in [0, 0.05) is 36.1 Å². The second-order valence-electron chi connectivity index (χ2n) is 10.3. The molecule has 0 unspecified atom stereocenters. The molecule has 0 saturated carbocycles. The lowest BCUT2D eigenvalue weighted by atomic mass is 9.85. The van der Waals surface area contributed by atoms with Crippen LogP contribution in [-0.4, -0.2) is 48.0 Å². The molecule has 1 N–H and O–H groups in total. The Bertz CT molecular complexity index is 1380. The molecular formula is C31H29Cl2F2NO2. The van der Waals surface area contributed by atoms with Crippen LogP contribution in [0.3, 0.4) is 0 Å².